The van der Waals surface area contributed by atoms with Crippen LogP contribution in [0.4, 0.5) is 10.9 Å². The second-order valence-electron chi connectivity index (χ2n) is 5.59. The molecule has 4 heterocycles. The SMILES string of the molecule is Nc1ncncc1CNC(=O)c1cc2sc(N3CCCC3)nc2s1. The molecular weight excluding hydrogens is 344 g/mol. The van der Waals surface area contributed by atoms with Crippen LogP contribution in [0.3, 0.4) is 0 Å². The van der Waals surface area contributed by atoms with E-state index in [0.29, 0.717) is 22.8 Å². The van der Waals surface area contributed by atoms with Crippen LogP contribution >= 0.6 is 22.7 Å². The van der Waals surface area contributed by atoms with Crippen molar-refractivity contribution in [2.75, 3.05) is 23.7 Å². The molecule has 9 heteroatoms. The van der Waals surface area contributed by atoms with Crippen LogP contribution < -0.4 is 16.0 Å². The number of thiazole rings is 1. The maximum atomic E-state index is 12.3. The average molecular weight is 360 g/mol. The molecule has 3 N–H and O–H groups in total. The average Bonchev–Trinajstić information content (AvgIpc) is 3.28. The van der Waals surface area contributed by atoms with Crippen molar-refractivity contribution in [2.24, 2.45) is 0 Å². The Balaban J connectivity index is 1.46. The summed E-state index contributed by atoms with van der Waals surface area (Å²) in [6.07, 6.45) is 5.46. The fourth-order valence-corrected chi connectivity index (χ4v) is 4.83. The molecule has 3 aromatic rings. The molecular formula is C15H16N6OS2. The Morgan fingerprint density at radius 1 is 1.33 bits per heavy atom. The number of nitrogens with zero attached hydrogens (tertiary/aromatic N) is 4. The van der Waals surface area contributed by atoms with Gasteiger partial charge in [0.15, 0.2) is 5.13 Å². The Morgan fingerprint density at radius 2 is 2.17 bits per heavy atom. The number of thiophene rings is 1. The molecule has 0 spiro atoms. The molecule has 1 aliphatic rings. The molecule has 0 saturated carbocycles. The minimum atomic E-state index is -0.129. The van der Waals surface area contributed by atoms with E-state index in [1.165, 1.54) is 30.5 Å². The van der Waals surface area contributed by atoms with Crippen molar-refractivity contribution in [2.45, 2.75) is 19.4 Å². The Morgan fingerprint density at radius 3 is 2.92 bits per heavy atom. The first-order chi connectivity index (χ1) is 11.7. The number of aromatic nitrogens is 3. The van der Waals surface area contributed by atoms with Crippen molar-refractivity contribution in [1.29, 1.82) is 0 Å². The van der Waals surface area contributed by atoms with Crippen LogP contribution in [0.5, 0.6) is 0 Å². The molecule has 1 saturated heterocycles. The second kappa shape index (κ2) is 6.33. The molecule has 0 aromatic carbocycles. The summed E-state index contributed by atoms with van der Waals surface area (Å²) in [5.41, 5.74) is 6.46. The van der Waals surface area contributed by atoms with E-state index >= 15 is 0 Å². The van der Waals surface area contributed by atoms with E-state index in [0.717, 1.165) is 27.8 Å². The lowest BCUT2D eigenvalue weighted by Crippen LogP contribution is -2.22. The lowest BCUT2D eigenvalue weighted by molar-refractivity contribution is 0.0955. The molecule has 124 valence electrons. The number of hydrogen-bond donors (Lipinski definition) is 2. The van der Waals surface area contributed by atoms with Gasteiger partial charge in [-0.15, -0.1) is 11.3 Å². The fourth-order valence-electron chi connectivity index (χ4n) is 2.65. The van der Waals surface area contributed by atoms with Gasteiger partial charge in [0.05, 0.1) is 9.58 Å². The molecule has 4 rings (SSSR count). The maximum Gasteiger partial charge on any atom is 0.261 e. The quantitative estimate of drug-likeness (QED) is 0.741. The summed E-state index contributed by atoms with van der Waals surface area (Å²) in [4.78, 5) is 28.7. The summed E-state index contributed by atoms with van der Waals surface area (Å²) in [6, 6.07) is 1.91. The van der Waals surface area contributed by atoms with Crippen molar-refractivity contribution in [3.63, 3.8) is 0 Å². The molecule has 1 aliphatic heterocycles. The van der Waals surface area contributed by atoms with Gasteiger partial charge in [-0.05, 0) is 18.9 Å². The number of anilines is 2. The van der Waals surface area contributed by atoms with Crippen LogP contribution in [0, 0.1) is 0 Å². The van der Waals surface area contributed by atoms with Crippen LogP contribution in [0.25, 0.3) is 9.53 Å². The molecule has 0 aliphatic carbocycles. The van der Waals surface area contributed by atoms with Crippen molar-refractivity contribution >= 4 is 49.1 Å². The minimum absolute atomic E-state index is 0.129. The molecule has 3 aromatic heterocycles. The number of hydrogen-bond acceptors (Lipinski definition) is 8. The zero-order chi connectivity index (χ0) is 16.5. The number of nitrogens with two attached hydrogens (primary N) is 1. The molecule has 0 radical (unpaired) electrons. The van der Waals surface area contributed by atoms with Gasteiger partial charge in [0.25, 0.3) is 5.91 Å². The van der Waals surface area contributed by atoms with Gasteiger partial charge in [0, 0.05) is 31.4 Å². The normalized spacial score (nSPS) is 14.4. The predicted octanol–water partition coefficient (Wildman–Crippen LogP) is 2.26. The number of nitrogen functional groups attached to an aromatic ring is 1. The first-order valence-corrected chi connectivity index (χ1v) is 9.32. The Kier molecular flexibility index (Phi) is 4.03. The van der Waals surface area contributed by atoms with E-state index in [9.17, 15) is 4.79 Å². The summed E-state index contributed by atoms with van der Waals surface area (Å²) in [5.74, 6) is 0.255. The summed E-state index contributed by atoms with van der Waals surface area (Å²) < 4.78 is 1.06. The van der Waals surface area contributed by atoms with E-state index in [4.69, 9.17) is 5.73 Å². The zero-order valence-corrected chi connectivity index (χ0v) is 14.5. The van der Waals surface area contributed by atoms with E-state index in [1.807, 2.05) is 6.07 Å². The number of fused-ring (bicyclic) bond motifs is 1. The highest BCUT2D eigenvalue weighted by molar-refractivity contribution is 7.29. The topological polar surface area (TPSA) is 97.0 Å². The van der Waals surface area contributed by atoms with Gasteiger partial charge in [-0.1, -0.05) is 11.3 Å². The summed E-state index contributed by atoms with van der Waals surface area (Å²) in [6.45, 7) is 2.47. The Labute approximate surface area is 146 Å². The molecule has 1 amide bonds. The van der Waals surface area contributed by atoms with Crippen molar-refractivity contribution < 1.29 is 4.79 Å². The number of amides is 1. The highest BCUT2D eigenvalue weighted by atomic mass is 32.1. The number of carbonyl (C=O) groups excluding carboxylic acids is 1. The molecule has 24 heavy (non-hydrogen) atoms. The maximum absolute atomic E-state index is 12.3. The summed E-state index contributed by atoms with van der Waals surface area (Å²) >= 11 is 3.08. The molecule has 7 nitrogen and oxygen atoms in total. The first-order valence-electron chi connectivity index (χ1n) is 7.68. The van der Waals surface area contributed by atoms with E-state index in [-0.39, 0.29) is 5.91 Å². The molecule has 1 fully saturated rings. The monoisotopic (exact) mass is 360 g/mol. The Bertz CT molecular complexity index is 852. The number of nitrogens with one attached hydrogen (secondary N) is 1. The van der Waals surface area contributed by atoms with E-state index < -0.39 is 0 Å². The van der Waals surface area contributed by atoms with Crippen molar-refractivity contribution in [1.82, 2.24) is 20.3 Å². The largest absolute Gasteiger partial charge is 0.383 e. The van der Waals surface area contributed by atoms with Gasteiger partial charge < -0.3 is 16.0 Å². The number of rotatable bonds is 4. The zero-order valence-electron chi connectivity index (χ0n) is 12.9. The smallest absolute Gasteiger partial charge is 0.261 e. The fraction of sp³-hybridized carbons (Fsp3) is 0.333. The predicted molar refractivity (Wildman–Crippen MR) is 96.6 cm³/mol. The highest BCUT2D eigenvalue weighted by Gasteiger charge is 2.19. The minimum Gasteiger partial charge on any atom is -0.383 e. The van der Waals surface area contributed by atoms with E-state index in [2.05, 4.69) is 25.2 Å². The second-order valence-corrected chi connectivity index (χ2v) is 7.63. The third-order valence-electron chi connectivity index (χ3n) is 3.94. The lowest BCUT2D eigenvalue weighted by Gasteiger charge is -2.11. The standard InChI is InChI=1S/C15H16N6OS2/c16-12-9(6-17-8-19-12)7-18-13(22)10-5-11-14(23-10)20-15(24-11)21-3-1-2-4-21/h5-6,8H,1-4,7H2,(H,18,22)(H2,16,17,19). The molecule has 0 unspecified atom stereocenters. The van der Waals surface area contributed by atoms with Gasteiger partial charge in [0.1, 0.15) is 17.0 Å². The van der Waals surface area contributed by atoms with Crippen LogP contribution in [0.2, 0.25) is 0 Å². The highest BCUT2D eigenvalue weighted by Crippen LogP contribution is 2.35. The van der Waals surface area contributed by atoms with Crippen LogP contribution in [0.15, 0.2) is 18.6 Å². The third-order valence-corrected chi connectivity index (χ3v) is 6.16. The van der Waals surface area contributed by atoms with Crippen LogP contribution in [0.1, 0.15) is 28.1 Å². The van der Waals surface area contributed by atoms with E-state index in [1.54, 1.807) is 17.5 Å². The van der Waals surface area contributed by atoms with Gasteiger partial charge in [-0.3, -0.25) is 4.79 Å². The number of carbonyl (C=O) groups is 1. The first kappa shape index (κ1) is 15.3. The molecule has 0 atom stereocenters. The van der Waals surface area contributed by atoms with Crippen molar-refractivity contribution in [3.05, 3.63) is 29.0 Å². The van der Waals surface area contributed by atoms with Gasteiger partial charge >= 0.3 is 0 Å². The van der Waals surface area contributed by atoms with Crippen molar-refractivity contribution in [3.8, 4) is 0 Å². The summed E-state index contributed by atoms with van der Waals surface area (Å²) in [7, 11) is 0. The summed E-state index contributed by atoms with van der Waals surface area (Å²) in [5, 5.41) is 3.92. The Hall–Kier alpha value is -2.26. The van der Waals surface area contributed by atoms with Gasteiger partial charge in [0.2, 0.25) is 0 Å². The molecule has 0 bridgehead atoms. The lowest BCUT2D eigenvalue weighted by atomic mass is 10.3. The van der Waals surface area contributed by atoms with Gasteiger partial charge in [-0.25, -0.2) is 15.0 Å². The van der Waals surface area contributed by atoms with Crippen LogP contribution in [-0.2, 0) is 6.54 Å². The third kappa shape index (κ3) is 2.92. The van der Waals surface area contributed by atoms with Gasteiger partial charge in [-0.2, -0.15) is 0 Å². The van der Waals surface area contributed by atoms with Crippen LogP contribution in [-0.4, -0.2) is 33.9 Å².